The number of benzene rings is 9. The zero-order valence-corrected chi connectivity index (χ0v) is 40.6. The molecule has 2 heteroatoms. The van der Waals surface area contributed by atoms with Gasteiger partial charge in [-0.05, 0) is 133 Å². The Hall–Kier alpha value is -8.46. The second-order valence-corrected chi connectivity index (χ2v) is 20.8. The average molecular weight is 923 g/mol. The van der Waals surface area contributed by atoms with Crippen molar-refractivity contribution in [3.63, 3.8) is 0 Å². The molecule has 0 radical (unpaired) electrons. The van der Waals surface area contributed by atoms with Gasteiger partial charge < -0.3 is 9.80 Å². The number of fused-ring (bicyclic) bond motifs is 13. The third kappa shape index (κ3) is 6.35. The summed E-state index contributed by atoms with van der Waals surface area (Å²) in [5.74, 6) is 0.686. The summed E-state index contributed by atoms with van der Waals surface area (Å²) < 4.78 is 0. The van der Waals surface area contributed by atoms with E-state index >= 15 is 0 Å². The highest BCUT2D eigenvalue weighted by Crippen LogP contribution is 2.70. The van der Waals surface area contributed by atoms with E-state index in [-0.39, 0.29) is 29.1 Å². The minimum atomic E-state index is -0.400. The van der Waals surface area contributed by atoms with E-state index in [4.69, 9.17) is 0 Å². The number of rotatable bonds is 8. The first-order chi connectivity index (χ1) is 35.5. The zero-order valence-electron chi connectivity index (χ0n) is 40.6. The fraction of sp³-hybridized carbons (Fsp3) is 0.114. The van der Waals surface area contributed by atoms with E-state index in [0.29, 0.717) is 0 Å². The van der Waals surface area contributed by atoms with Crippen molar-refractivity contribution in [1.29, 1.82) is 0 Å². The molecule has 0 fully saturated rings. The lowest BCUT2D eigenvalue weighted by molar-refractivity contribution is 0.312. The van der Waals surface area contributed by atoms with Gasteiger partial charge in [-0.2, -0.15) is 0 Å². The number of para-hydroxylation sites is 2. The van der Waals surface area contributed by atoms with Crippen LogP contribution >= 0.6 is 0 Å². The van der Waals surface area contributed by atoms with Gasteiger partial charge in [0.2, 0.25) is 0 Å². The van der Waals surface area contributed by atoms with Gasteiger partial charge in [0.25, 0.3) is 0 Å². The van der Waals surface area contributed by atoms with Gasteiger partial charge in [-0.15, -0.1) is 0 Å². The Morgan fingerprint density at radius 1 is 0.333 bits per heavy atom. The van der Waals surface area contributed by atoms with Crippen LogP contribution in [0.25, 0.3) is 33.4 Å². The maximum Gasteiger partial charge on any atom is 0.0523 e. The Morgan fingerprint density at radius 2 is 0.806 bits per heavy atom. The Bertz CT molecular complexity index is 3660. The highest BCUT2D eigenvalue weighted by molar-refractivity contribution is 5.90. The monoisotopic (exact) mass is 922 g/mol. The molecule has 72 heavy (non-hydrogen) atoms. The Morgan fingerprint density at radius 3 is 1.42 bits per heavy atom. The fourth-order valence-electron chi connectivity index (χ4n) is 13.7. The standard InChI is InChI=1S/C70H54N2/c1-69(2)61-32-18-15-29-56(61)59-46-65-60(45-64(59)69)57-30-16-19-33-62(57)70(65)63-34-20-17-31-58(63)68-66(70)43-55(71(51-25-11-5-12-26-51)53-39-35-49(36-40-53)47-21-7-3-8-22-47)44-67(68)72(52-27-13-6-14-28-52)54-41-37-50(38-42-54)48-23-9-4-10-24-48/h3-46,57-58,62-63H,1-2H3. The largest absolute Gasteiger partial charge is 0.310 e. The highest BCUT2D eigenvalue weighted by atomic mass is 15.2. The van der Waals surface area contributed by atoms with Crippen LogP contribution in [0.2, 0.25) is 0 Å². The van der Waals surface area contributed by atoms with Crippen LogP contribution in [0.1, 0.15) is 59.1 Å². The van der Waals surface area contributed by atoms with E-state index in [0.717, 1.165) is 28.4 Å². The van der Waals surface area contributed by atoms with E-state index in [9.17, 15) is 0 Å². The predicted molar refractivity (Wildman–Crippen MR) is 300 cm³/mol. The maximum absolute atomic E-state index is 2.66. The normalized spacial score (nSPS) is 20.9. The molecule has 0 aromatic heterocycles. The van der Waals surface area contributed by atoms with Crippen molar-refractivity contribution in [1.82, 2.24) is 0 Å². The smallest absolute Gasteiger partial charge is 0.0523 e. The third-order valence-corrected chi connectivity index (χ3v) is 16.8. The molecule has 5 unspecified atom stereocenters. The van der Waals surface area contributed by atoms with E-state index in [1.165, 1.54) is 72.4 Å². The molecule has 0 saturated carbocycles. The highest BCUT2D eigenvalue weighted by Gasteiger charge is 2.63. The topological polar surface area (TPSA) is 6.48 Å². The summed E-state index contributed by atoms with van der Waals surface area (Å²) >= 11 is 0. The van der Waals surface area contributed by atoms with Crippen molar-refractivity contribution in [2.24, 2.45) is 11.8 Å². The van der Waals surface area contributed by atoms with Gasteiger partial charge in [0.15, 0.2) is 0 Å². The molecule has 5 aliphatic rings. The van der Waals surface area contributed by atoms with Crippen LogP contribution in [0.4, 0.5) is 34.1 Å². The molecule has 5 atom stereocenters. The van der Waals surface area contributed by atoms with Crippen LogP contribution in [0.15, 0.2) is 267 Å². The molecular weight excluding hydrogens is 869 g/mol. The summed E-state index contributed by atoms with van der Waals surface area (Å²) in [4.78, 5) is 5.04. The van der Waals surface area contributed by atoms with Crippen molar-refractivity contribution in [2.45, 2.75) is 36.5 Å². The van der Waals surface area contributed by atoms with Crippen molar-refractivity contribution in [3.05, 3.63) is 300 Å². The quantitative estimate of drug-likeness (QED) is 0.150. The zero-order chi connectivity index (χ0) is 48.0. The summed E-state index contributed by atoms with van der Waals surface area (Å²) in [6.45, 7) is 4.85. The summed E-state index contributed by atoms with van der Waals surface area (Å²) in [6, 6.07) is 81.4. The van der Waals surface area contributed by atoms with Crippen LogP contribution in [-0.4, -0.2) is 0 Å². The molecule has 0 aliphatic heterocycles. The fourth-order valence-corrected chi connectivity index (χ4v) is 13.7. The molecule has 0 heterocycles. The first kappa shape index (κ1) is 42.4. The lowest BCUT2D eigenvalue weighted by Crippen LogP contribution is -2.38. The second-order valence-electron chi connectivity index (χ2n) is 20.8. The molecule has 1 spiro atoms. The van der Waals surface area contributed by atoms with E-state index in [2.05, 4.69) is 291 Å². The van der Waals surface area contributed by atoms with Gasteiger partial charge in [-0.1, -0.05) is 214 Å². The number of anilines is 6. The molecule has 344 valence electrons. The van der Waals surface area contributed by atoms with Crippen LogP contribution in [-0.2, 0) is 10.8 Å². The first-order valence-electron chi connectivity index (χ1n) is 25.7. The van der Waals surface area contributed by atoms with Gasteiger partial charge in [0.1, 0.15) is 0 Å². The van der Waals surface area contributed by atoms with E-state index in [1.807, 2.05) is 0 Å². The molecule has 0 amide bonds. The maximum atomic E-state index is 2.66. The summed E-state index contributed by atoms with van der Waals surface area (Å²) in [7, 11) is 0. The van der Waals surface area contributed by atoms with E-state index < -0.39 is 5.41 Å². The molecule has 0 bridgehead atoms. The molecule has 2 nitrogen and oxygen atoms in total. The SMILES string of the molecule is CC1(C)c2ccccc2-c2cc3c(cc21)C1C=CC=CC1C31c2cc(N(c3ccccc3)c3ccc(-c4ccccc4)cc3)cc(N(c3ccccc3)c3ccc(-c4ccccc4)cc3)c2C2C=CC=CC21. The molecular formula is C70H54N2. The van der Waals surface area contributed by atoms with Gasteiger partial charge >= 0.3 is 0 Å². The van der Waals surface area contributed by atoms with Crippen molar-refractivity contribution >= 4 is 34.1 Å². The molecule has 14 rings (SSSR count). The third-order valence-electron chi connectivity index (χ3n) is 16.8. The number of allylic oxidation sites excluding steroid dienone is 8. The average Bonchev–Trinajstić information content (AvgIpc) is 4.00. The molecule has 0 saturated heterocycles. The Labute approximate surface area is 423 Å². The molecule has 0 N–H and O–H groups in total. The van der Waals surface area contributed by atoms with Crippen LogP contribution in [0.3, 0.4) is 0 Å². The minimum Gasteiger partial charge on any atom is -0.310 e. The second kappa shape index (κ2) is 16.6. The van der Waals surface area contributed by atoms with Gasteiger partial charge in [-0.25, -0.2) is 0 Å². The number of hydrogen-bond donors (Lipinski definition) is 0. The summed E-state index contributed by atoms with van der Waals surface area (Å²) in [5.41, 5.74) is 22.4. The lowest BCUT2D eigenvalue weighted by atomic mass is 9.61. The van der Waals surface area contributed by atoms with Gasteiger partial charge in [0.05, 0.1) is 5.69 Å². The lowest BCUT2D eigenvalue weighted by Gasteiger charge is -2.41. The first-order valence-corrected chi connectivity index (χ1v) is 25.7. The minimum absolute atomic E-state index is 0.108. The summed E-state index contributed by atoms with van der Waals surface area (Å²) in [5, 5.41) is 0. The van der Waals surface area contributed by atoms with Crippen molar-refractivity contribution in [3.8, 4) is 33.4 Å². The molecule has 9 aromatic rings. The van der Waals surface area contributed by atoms with Crippen LogP contribution in [0.5, 0.6) is 0 Å². The van der Waals surface area contributed by atoms with Crippen molar-refractivity contribution in [2.75, 3.05) is 9.80 Å². The van der Waals surface area contributed by atoms with E-state index in [1.54, 1.807) is 0 Å². The number of nitrogens with zero attached hydrogens (tertiary/aromatic N) is 2. The van der Waals surface area contributed by atoms with Crippen molar-refractivity contribution < 1.29 is 0 Å². The van der Waals surface area contributed by atoms with Gasteiger partial charge in [-0.3, -0.25) is 0 Å². The van der Waals surface area contributed by atoms with Gasteiger partial charge in [0, 0.05) is 62.9 Å². The Kier molecular flexibility index (Phi) is 9.77. The Balaban J connectivity index is 1.08. The molecule has 5 aliphatic carbocycles. The van der Waals surface area contributed by atoms with Crippen LogP contribution < -0.4 is 9.80 Å². The van der Waals surface area contributed by atoms with Crippen LogP contribution in [0, 0.1) is 11.8 Å². The molecule has 9 aromatic carbocycles. The summed E-state index contributed by atoms with van der Waals surface area (Å²) in [6.07, 6.45) is 19.4. The number of hydrogen-bond acceptors (Lipinski definition) is 2. The predicted octanol–water partition coefficient (Wildman–Crippen LogP) is 18.2.